The predicted molar refractivity (Wildman–Crippen MR) is 62.9 cm³/mol. The molecule has 0 saturated heterocycles. The van der Waals surface area contributed by atoms with Crippen molar-refractivity contribution < 1.29 is 0 Å². The third kappa shape index (κ3) is 4.39. The minimum atomic E-state index is 1.04. The summed E-state index contributed by atoms with van der Waals surface area (Å²) in [6.45, 7) is 7.67. The molecule has 0 bridgehead atoms. The van der Waals surface area contributed by atoms with E-state index in [9.17, 15) is 0 Å². The summed E-state index contributed by atoms with van der Waals surface area (Å²) in [6.07, 6.45) is 0. The fourth-order valence-electron chi connectivity index (χ4n) is 0.926. The van der Waals surface area contributed by atoms with Gasteiger partial charge >= 0.3 is 0 Å². The largest absolute Gasteiger partial charge is 0.101 e. The van der Waals surface area contributed by atoms with E-state index in [0.29, 0.717) is 0 Å². The average Bonchev–Trinajstić information content (AvgIpc) is 2.25. The highest BCUT2D eigenvalue weighted by Gasteiger charge is 1.86. The standard InChI is InChI=1S/C12H10.C2H6/c1-3-5-11-7-9-12(6-4-2)10-8-11;1-2/h7-10H,1-2H3;1-2H3. The molecule has 0 spiro atoms. The van der Waals surface area contributed by atoms with Crippen LogP contribution in [0.15, 0.2) is 24.3 Å². The van der Waals surface area contributed by atoms with Crippen molar-refractivity contribution >= 4 is 0 Å². The van der Waals surface area contributed by atoms with Crippen molar-refractivity contribution in [1.82, 2.24) is 0 Å². The molecular weight excluding hydrogens is 168 g/mol. The highest BCUT2D eigenvalue weighted by atomic mass is 13.9. The molecule has 0 amide bonds. The first-order chi connectivity index (χ1) is 6.86. The first-order valence-electron chi connectivity index (χ1n) is 4.82. The summed E-state index contributed by atoms with van der Waals surface area (Å²) in [5.41, 5.74) is 2.08. The average molecular weight is 184 g/mol. The van der Waals surface area contributed by atoms with Crippen molar-refractivity contribution in [3.8, 4) is 23.7 Å². The molecule has 1 aromatic carbocycles. The number of benzene rings is 1. The molecule has 14 heavy (non-hydrogen) atoms. The summed E-state index contributed by atoms with van der Waals surface area (Å²) in [5.74, 6) is 11.7. The lowest BCUT2D eigenvalue weighted by molar-refractivity contribution is 1.50. The van der Waals surface area contributed by atoms with Gasteiger partial charge in [0, 0.05) is 11.1 Å². The van der Waals surface area contributed by atoms with Crippen LogP contribution in [0, 0.1) is 23.7 Å². The minimum Gasteiger partial charge on any atom is -0.101 e. The normalized spacial score (nSPS) is 6.86. The Morgan fingerprint density at radius 2 is 1.00 bits per heavy atom. The molecule has 0 aliphatic heterocycles. The van der Waals surface area contributed by atoms with Gasteiger partial charge in [-0.1, -0.05) is 25.7 Å². The van der Waals surface area contributed by atoms with E-state index in [-0.39, 0.29) is 0 Å². The van der Waals surface area contributed by atoms with E-state index in [1.165, 1.54) is 0 Å². The number of hydrogen-bond acceptors (Lipinski definition) is 0. The van der Waals surface area contributed by atoms with Gasteiger partial charge in [0.1, 0.15) is 0 Å². The van der Waals surface area contributed by atoms with E-state index in [1.54, 1.807) is 0 Å². The summed E-state index contributed by atoms with van der Waals surface area (Å²) in [4.78, 5) is 0. The van der Waals surface area contributed by atoms with Crippen LogP contribution in [0.5, 0.6) is 0 Å². The third-order valence-corrected chi connectivity index (χ3v) is 1.42. The van der Waals surface area contributed by atoms with Gasteiger partial charge in [0.05, 0.1) is 0 Å². The fourth-order valence-corrected chi connectivity index (χ4v) is 0.926. The maximum atomic E-state index is 2.98. The lowest BCUT2D eigenvalue weighted by Crippen LogP contribution is -1.75. The topological polar surface area (TPSA) is 0 Å². The van der Waals surface area contributed by atoms with Gasteiger partial charge in [-0.2, -0.15) is 0 Å². The fraction of sp³-hybridized carbons (Fsp3) is 0.286. The van der Waals surface area contributed by atoms with Crippen molar-refractivity contribution in [3.63, 3.8) is 0 Å². The summed E-state index contributed by atoms with van der Waals surface area (Å²) in [5, 5.41) is 0. The predicted octanol–water partition coefficient (Wildman–Crippen LogP) is 3.46. The maximum absolute atomic E-state index is 2.98. The second-order valence-corrected chi connectivity index (χ2v) is 2.33. The monoisotopic (exact) mass is 184 g/mol. The Morgan fingerprint density at radius 3 is 1.21 bits per heavy atom. The lowest BCUT2D eigenvalue weighted by atomic mass is 10.1. The second kappa shape index (κ2) is 7.96. The Labute approximate surface area is 87.4 Å². The SMILES string of the molecule is CC.CC#Cc1ccc(C#CC)cc1. The Kier molecular flexibility index (Phi) is 7.02. The Morgan fingerprint density at radius 1 is 0.714 bits per heavy atom. The molecule has 1 rings (SSSR count). The van der Waals surface area contributed by atoms with Crippen molar-refractivity contribution in [1.29, 1.82) is 0 Å². The lowest BCUT2D eigenvalue weighted by Gasteiger charge is -1.90. The summed E-state index contributed by atoms with van der Waals surface area (Å²) in [7, 11) is 0. The molecule has 0 unspecified atom stereocenters. The first-order valence-corrected chi connectivity index (χ1v) is 4.82. The van der Waals surface area contributed by atoms with Crippen molar-refractivity contribution in [3.05, 3.63) is 35.4 Å². The van der Waals surface area contributed by atoms with Crippen LogP contribution in [0.2, 0.25) is 0 Å². The van der Waals surface area contributed by atoms with Gasteiger partial charge in [-0.15, -0.1) is 11.8 Å². The van der Waals surface area contributed by atoms with Crippen LogP contribution in [-0.2, 0) is 0 Å². The van der Waals surface area contributed by atoms with E-state index >= 15 is 0 Å². The minimum absolute atomic E-state index is 1.04. The van der Waals surface area contributed by atoms with Crippen molar-refractivity contribution in [2.45, 2.75) is 27.7 Å². The van der Waals surface area contributed by atoms with Gasteiger partial charge < -0.3 is 0 Å². The molecule has 0 aliphatic carbocycles. The van der Waals surface area contributed by atoms with Crippen LogP contribution in [0.25, 0.3) is 0 Å². The Hall–Kier alpha value is -1.66. The summed E-state index contributed by atoms with van der Waals surface area (Å²) < 4.78 is 0. The van der Waals surface area contributed by atoms with Gasteiger partial charge in [0.25, 0.3) is 0 Å². The summed E-state index contributed by atoms with van der Waals surface area (Å²) in [6, 6.07) is 7.93. The van der Waals surface area contributed by atoms with Crippen LogP contribution < -0.4 is 0 Å². The van der Waals surface area contributed by atoms with Crippen LogP contribution in [-0.4, -0.2) is 0 Å². The zero-order valence-corrected chi connectivity index (χ0v) is 9.31. The first kappa shape index (κ1) is 12.3. The van der Waals surface area contributed by atoms with Crippen molar-refractivity contribution in [2.24, 2.45) is 0 Å². The Balaban J connectivity index is 0.000000791. The van der Waals surface area contributed by atoms with Gasteiger partial charge in [0.15, 0.2) is 0 Å². The van der Waals surface area contributed by atoms with Gasteiger partial charge in [-0.25, -0.2) is 0 Å². The molecule has 0 heterocycles. The molecule has 0 N–H and O–H groups in total. The van der Waals surface area contributed by atoms with E-state index in [1.807, 2.05) is 52.0 Å². The molecule has 72 valence electrons. The quantitative estimate of drug-likeness (QED) is 0.542. The molecule has 0 nitrogen and oxygen atoms in total. The van der Waals surface area contributed by atoms with Gasteiger partial charge in [-0.05, 0) is 38.1 Å². The van der Waals surface area contributed by atoms with Crippen LogP contribution in [0.3, 0.4) is 0 Å². The van der Waals surface area contributed by atoms with E-state index < -0.39 is 0 Å². The Bertz CT molecular complexity index is 321. The molecule has 0 fully saturated rings. The molecule has 0 atom stereocenters. The molecule has 0 heteroatoms. The highest BCUT2D eigenvalue weighted by molar-refractivity contribution is 5.41. The van der Waals surface area contributed by atoms with Crippen LogP contribution in [0.1, 0.15) is 38.8 Å². The van der Waals surface area contributed by atoms with Gasteiger partial charge in [0.2, 0.25) is 0 Å². The van der Waals surface area contributed by atoms with E-state index in [2.05, 4.69) is 23.7 Å². The summed E-state index contributed by atoms with van der Waals surface area (Å²) >= 11 is 0. The van der Waals surface area contributed by atoms with E-state index in [0.717, 1.165) is 11.1 Å². The maximum Gasteiger partial charge on any atom is 0.0245 e. The zero-order chi connectivity index (χ0) is 10.8. The van der Waals surface area contributed by atoms with E-state index in [4.69, 9.17) is 0 Å². The highest BCUT2D eigenvalue weighted by Crippen LogP contribution is 2.01. The van der Waals surface area contributed by atoms with Crippen LogP contribution >= 0.6 is 0 Å². The molecular formula is C14H16. The smallest absolute Gasteiger partial charge is 0.0245 e. The van der Waals surface area contributed by atoms with Crippen LogP contribution in [0.4, 0.5) is 0 Å². The van der Waals surface area contributed by atoms with Gasteiger partial charge in [-0.3, -0.25) is 0 Å². The molecule has 0 aromatic heterocycles. The molecule has 1 aromatic rings. The third-order valence-electron chi connectivity index (χ3n) is 1.42. The second-order valence-electron chi connectivity index (χ2n) is 2.33. The zero-order valence-electron chi connectivity index (χ0n) is 9.31. The number of rotatable bonds is 0. The molecule has 0 radical (unpaired) electrons. The molecule has 0 saturated carbocycles. The number of hydrogen-bond donors (Lipinski definition) is 0. The molecule has 0 aliphatic rings. The van der Waals surface area contributed by atoms with Crippen molar-refractivity contribution in [2.75, 3.05) is 0 Å².